The van der Waals surface area contributed by atoms with Crippen molar-refractivity contribution in [2.75, 3.05) is 19.6 Å². The molecule has 0 atom stereocenters. The van der Waals surface area contributed by atoms with E-state index in [1.165, 1.54) is 0 Å². The van der Waals surface area contributed by atoms with Crippen LogP contribution in [0.4, 0.5) is 0 Å². The van der Waals surface area contributed by atoms with Gasteiger partial charge in [-0.05, 0) is 31.9 Å². The summed E-state index contributed by atoms with van der Waals surface area (Å²) >= 11 is 5.64. The Morgan fingerprint density at radius 3 is 2.60 bits per heavy atom. The summed E-state index contributed by atoms with van der Waals surface area (Å²) in [6.07, 6.45) is 1.36. The number of hydrogen-bond donors (Lipinski definition) is 1. The second-order valence-corrected chi connectivity index (χ2v) is 5.09. The molecule has 0 unspecified atom stereocenters. The molecule has 0 aliphatic carbocycles. The fourth-order valence-corrected chi connectivity index (χ4v) is 2.36. The first kappa shape index (κ1) is 14.7. The number of rotatable bonds is 3. The Kier molecular flexibility index (Phi) is 4.89. The number of aromatic nitrogens is 2. The number of amides is 2. The van der Waals surface area contributed by atoms with E-state index in [9.17, 15) is 9.59 Å². The predicted molar refractivity (Wildman–Crippen MR) is 74.4 cm³/mol. The summed E-state index contributed by atoms with van der Waals surface area (Å²) in [6, 6.07) is 3.11. The van der Waals surface area contributed by atoms with Crippen LogP contribution in [-0.4, -0.2) is 46.5 Å². The number of piperidine rings is 1. The minimum Gasteiger partial charge on any atom is -0.356 e. The molecule has 2 rings (SSSR count). The van der Waals surface area contributed by atoms with Crippen LogP contribution in [0, 0.1) is 5.92 Å². The largest absolute Gasteiger partial charge is 0.356 e. The lowest BCUT2D eigenvalue weighted by Gasteiger charge is -2.30. The van der Waals surface area contributed by atoms with E-state index in [2.05, 4.69) is 15.5 Å². The maximum absolute atomic E-state index is 12.2. The van der Waals surface area contributed by atoms with E-state index >= 15 is 0 Å². The molecule has 0 spiro atoms. The number of hydrogen-bond acceptors (Lipinski definition) is 4. The molecule has 1 fully saturated rings. The first-order valence-electron chi connectivity index (χ1n) is 6.68. The lowest BCUT2D eigenvalue weighted by Crippen LogP contribution is -2.43. The van der Waals surface area contributed by atoms with Gasteiger partial charge < -0.3 is 10.2 Å². The van der Waals surface area contributed by atoms with Gasteiger partial charge in [0, 0.05) is 25.6 Å². The summed E-state index contributed by atoms with van der Waals surface area (Å²) in [5.74, 6) is -0.0929. The number of carbonyl (C=O) groups is 2. The molecule has 2 amide bonds. The molecule has 1 aliphatic rings. The fraction of sp³-hybridized carbons (Fsp3) is 0.538. The Hall–Kier alpha value is -1.69. The molecular weight excluding hydrogens is 280 g/mol. The SMILES string of the molecule is CCNC(=O)C1CCN(C(=O)c2ccc(Cl)nn2)CC1. The summed E-state index contributed by atoms with van der Waals surface area (Å²) in [5, 5.41) is 10.5. The third-order valence-electron chi connectivity index (χ3n) is 3.36. The van der Waals surface area contributed by atoms with Gasteiger partial charge in [0.25, 0.3) is 5.91 Å². The maximum Gasteiger partial charge on any atom is 0.274 e. The van der Waals surface area contributed by atoms with Crippen LogP contribution in [-0.2, 0) is 4.79 Å². The molecule has 108 valence electrons. The predicted octanol–water partition coefficient (Wildman–Crippen LogP) is 1.12. The van der Waals surface area contributed by atoms with Crippen LogP contribution in [0.1, 0.15) is 30.3 Å². The smallest absolute Gasteiger partial charge is 0.274 e. The van der Waals surface area contributed by atoms with Gasteiger partial charge >= 0.3 is 0 Å². The number of nitrogens with zero attached hydrogens (tertiary/aromatic N) is 3. The molecule has 6 nitrogen and oxygen atoms in total. The van der Waals surface area contributed by atoms with Crippen molar-refractivity contribution >= 4 is 23.4 Å². The van der Waals surface area contributed by atoms with E-state index in [-0.39, 0.29) is 28.6 Å². The Labute approximate surface area is 122 Å². The van der Waals surface area contributed by atoms with Gasteiger partial charge in [-0.1, -0.05) is 11.6 Å². The Bertz CT molecular complexity index is 484. The third kappa shape index (κ3) is 3.45. The van der Waals surface area contributed by atoms with Crippen LogP contribution in [0.5, 0.6) is 0 Å². The van der Waals surface area contributed by atoms with Crippen LogP contribution in [0.25, 0.3) is 0 Å². The molecule has 1 aromatic rings. The molecule has 0 bridgehead atoms. The molecule has 20 heavy (non-hydrogen) atoms. The van der Waals surface area contributed by atoms with Gasteiger partial charge in [0.2, 0.25) is 5.91 Å². The number of carbonyl (C=O) groups excluding carboxylic acids is 2. The maximum atomic E-state index is 12.2. The van der Waals surface area contributed by atoms with Gasteiger partial charge in [-0.3, -0.25) is 9.59 Å². The lowest BCUT2D eigenvalue weighted by molar-refractivity contribution is -0.126. The number of halogens is 1. The van der Waals surface area contributed by atoms with E-state index in [0.717, 1.165) is 0 Å². The molecule has 1 saturated heterocycles. The standard InChI is InChI=1S/C13H17ClN4O2/c1-2-15-12(19)9-5-7-18(8-6-9)13(20)10-3-4-11(14)17-16-10/h3-4,9H,2,5-8H2,1H3,(H,15,19). The van der Waals surface area contributed by atoms with Crippen molar-refractivity contribution in [3.05, 3.63) is 23.0 Å². The molecule has 1 aliphatic heterocycles. The average Bonchev–Trinajstić information content (AvgIpc) is 2.48. The Morgan fingerprint density at radius 2 is 2.05 bits per heavy atom. The zero-order valence-electron chi connectivity index (χ0n) is 11.3. The van der Waals surface area contributed by atoms with Gasteiger partial charge in [-0.25, -0.2) is 0 Å². The molecular formula is C13H17ClN4O2. The minimum absolute atomic E-state index is 0.00435. The average molecular weight is 297 g/mol. The lowest BCUT2D eigenvalue weighted by atomic mass is 9.95. The van der Waals surface area contributed by atoms with E-state index < -0.39 is 0 Å². The molecule has 0 saturated carbocycles. The van der Waals surface area contributed by atoms with E-state index in [0.29, 0.717) is 32.5 Å². The van der Waals surface area contributed by atoms with Gasteiger partial charge in [-0.2, -0.15) is 0 Å². The van der Waals surface area contributed by atoms with Crippen molar-refractivity contribution in [2.24, 2.45) is 5.92 Å². The van der Waals surface area contributed by atoms with Gasteiger partial charge in [0.1, 0.15) is 0 Å². The highest BCUT2D eigenvalue weighted by molar-refractivity contribution is 6.29. The van der Waals surface area contributed by atoms with E-state index in [1.807, 2.05) is 6.92 Å². The molecule has 1 aromatic heterocycles. The number of likely N-dealkylation sites (tertiary alicyclic amines) is 1. The summed E-state index contributed by atoms with van der Waals surface area (Å²) in [7, 11) is 0. The van der Waals surface area contributed by atoms with Crippen LogP contribution in [0.3, 0.4) is 0 Å². The zero-order valence-corrected chi connectivity index (χ0v) is 12.1. The summed E-state index contributed by atoms with van der Waals surface area (Å²) < 4.78 is 0. The highest BCUT2D eigenvalue weighted by atomic mass is 35.5. The summed E-state index contributed by atoms with van der Waals surface area (Å²) in [6.45, 7) is 3.66. The Morgan fingerprint density at radius 1 is 1.35 bits per heavy atom. The van der Waals surface area contributed by atoms with Crippen molar-refractivity contribution in [1.82, 2.24) is 20.4 Å². The normalized spacial score (nSPS) is 16.0. The first-order chi connectivity index (χ1) is 9.61. The topological polar surface area (TPSA) is 75.2 Å². The van der Waals surface area contributed by atoms with Crippen LogP contribution >= 0.6 is 11.6 Å². The molecule has 1 N–H and O–H groups in total. The van der Waals surface area contributed by atoms with Crippen molar-refractivity contribution in [2.45, 2.75) is 19.8 Å². The molecule has 0 radical (unpaired) electrons. The van der Waals surface area contributed by atoms with Crippen molar-refractivity contribution in [3.63, 3.8) is 0 Å². The van der Waals surface area contributed by atoms with E-state index in [4.69, 9.17) is 11.6 Å². The fourth-order valence-electron chi connectivity index (χ4n) is 2.26. The number of nitrogens with one attached hydrogen (secondary N) is 1. The second-order valence-electron chi connectivity index (χ2n) is 4.70. The van der Waals surface area contributed by atoms with Crippen molar-refractivity contribution in [1.29, 1.82) is 0 Å². The quantitative estimate of drug-likeness (QED) is 0.907. The van der Waals surface area contributed by atoms with Gasteiger partial charge in [-0.15, -0.1) is 10.2 Å². The highest BCUT2D eigenvalue weighted by Gasteiger charge is 2.28. The molecule has 2 heterocycles. The van der Waals surface area contributed by atoms with Crippen LogP contribution in [0.2, 0.25) is 5.15 Å². The van der Waals surface area contributed by atoms with Crippen molar-refractivity contribution in [3.8, 4) is 0 Å². The minimum atomic E-state index is -0.163. The molecule has 7 heteroatoms. The molecule has 0 aromatic carbocycles. The van der Waals surface area contributed by atoms with Crippen LogP contribution in [0.15, 0.2) is 12.1 Å². The summed E-state index contributed by atoms with van der Waals surface area (Å²) in [5.41, 5.74) is 0.283. The second kappa shape index (κ2) is 6.65. The van der Waals surface area contributed by atoms with Crippen LogP contribution < -0.4 is 5.32 Å². The van der Waals surface area contributed by atoms with E-state index in [1.54, 1.807) is 17.0 Å². The van der Waals surface area contributed by atoms with Crippen molar-refractivity contribution < 1.29 is 9.59 Å². The first-order valence-corrected chi connectivity index (χ1v) is 7.05. The Balaban J connectivity index is 1.92. The zero-order chi connectivity index (χ0) is 14.5. The third-order valence-corrected chi connectivity index (χ3v) is 3.56. The van der Waals surface area contributed by atoms with Gasteiger partial charge in [0.05, 0.1) is 0 Å². The summed E-state index contributed by atoms with van der Waals surface area (Å²) in [4.78, 5) is 25.6. The van der Waals surface area contributed by atoms with Gasteiger partial charge in [0.15, 0.2) is 10.8 Å². The highest BCUT2D eigenvalue weighted by Crippen LogP contribution is 2.18. The monoisotopic (exact) mass is 296 g/mol.